The number of hydrogen-bond donors (Lipinski definition) is 1. The van der Waals surface area contributed by atoms with Gasteiger partial charge in [0.15, 0.2) is 0 Å². The molecule has 1 aromatic heterocycles. The van der Waals surface area contributed by atoms with Crippen molar-refractivity contribution in [1.29, 1.82) is 0 Å². The maximum Gasteiger partial charge on any atom is 0.254 e. The van der Waals surface area contributed by atoms with Gasteiger partial charge in [0.25, 0.3) is 5.91 Å². The van der Waals surface area contributed by atoms with Crippen LogP contribution in [0.1, 0.15) is 10.4 Å². The van der Waals surface area contributed by atoms with E-state index in [0.717, 1.165) is 9.79 Å². The van der Waals surface area contributed by atoms with E-state index in [9.17, 15) is 4.79 Å². The quantitative estimate of drug-likeness (QED) is 0.869. The number of rotatable bonds is 3. The minimum absolute atomic E-state index is 0.0357. The van der Waals surface area contributed by atoms with Crippen LogP contribution in [0.2, 0.25) is 0 Å². The predicted octanol–water partition coefficient (Wildman–Crippen LogP) is 1.86. The number of nitrogen functional groups attached to an aromatic ring is 1. The lowest BCUT2D eigenvalue weighted by Crippen LogP contribution is -2.22. The summed E-state index contributed by atoms with van der Waals surface area (Å²) in [7, 11) is 5.32. The van der Waals surface area contributed by atoms with Gasteiger partial charge in [-0.1, -0.05) is 11.8 Å². The average molecular weight is 276 g/mol. The summed E-state index contributed by atoms with van der Waals surface area (Å²) in [6, 6.07) is 5.31. The van der Waals surface area contributed by atoms with E-state index in [1.807, 2.05) is 19.3 Å². The molecule has 0 saturated carbocycles. The van der Waals surface area contributed by atoms with Crippen molar-refractivity contribution in [2.45, 2.75) is 9.79 Å². The Bertz CT molecular complexity index is 606. The van der Waals surface area contributed by atoms with Crippen LogP contribution < -0.4 is 5.73 Å². The van der Waals surface area contributed by atoms with E-state index in [0.29, 0.717) is 11.3 Å². The minimum atomic E-state index is -0.0357. The van der Waals surface area contributed by atoms with Crippen molar-refractivity contribution >= 4 is 23.4 Å². The summed E-state index contributed by atoms with van der Waals surface area (Å²) in [5, 5.41) is 4.11. The average Bonchev–Trinajstić information content (AvgIpc) is 2.74. The fraction of sp³-hybridized carbons (Fsp3) is 0.231. The Kier molecular flexibility index (Phi) is 3.80. The SMILES string of the molecule is CN(C)C(=O)c1ccc(N)cc1Sc1cnn(C)c1. The van der Waals surface area contributed by atoms with Gasteiger partial charge < -0.3 is 10.6 Å². The Morgan fingerprint density at radius 2 is 2.16 bits per heavy atom. The molecule has 0 saturated heterocycles. The van der Waals surface area contributed by atoms with Crippen molar-refractivity contribution in [3.63, 3.8) is 0 Å². The summed E-state index contributed by atoms with van der Waals surface area (Å²) < 4.78 is 1.72. The molecule has 0 aliphatic heterocycles. The van der Waals surface area contributed by atoms with Gasteiger partial charge in [0.2, 0.25) is 0 Å². The number of anilines is 1. The number of amides is 1. The second-order valence-electron chi connectivity index (χ2n) is 4.41. The van der Waals surface area contributed by atoms with E-state index in [1.54, 1.807) is 42.0 Å². The third-order valence-electron chi connectivity index (χ3n) is 2.55. The third-order valence-corrected chi connectivity index (χ3v) is 3.56. The van der Waals surface area contributed by atoms with Crippen molar-refractivity contribution in [3.8, 4) is 0 Å². The summed E-state index contributed by atoms with van der Waals surface area (Å²) >= 11 is 1.48. The molecule has 0 aliphatic carbocycles. The number of carbonyl (C=O) groups is 1. The zero-order valence-corrected chi connectivity index (χ0v) is 11.9. The summed E-state index contributed by atoms with van der Waals surface area (Å²) in [6.07, 6.45) is 3.66. The molecule has 2 N–H and O–H groups in total. The molecule has 0 fully saturated rings. The standard InChI is InChI=1S/C13H16N4OS/c1-16(2)13(18)11-5-4-9(14)6-12(11)19-10-7-15-17(3)8-10/h4-8H,14H2,1-3H3. The number of aryl methyl sites for hydroxylation is 1. The molecule has 2 rings (SSSR count). The summed E-state index contributed by atoms with van der Waals surface area (Å²) in [4.78, 5) is 15.5. The number of nitrogens with two attached hydrogens (primary N) is 1. The van der Waals surface area contributed by atoms with Crippen LogP contribution in [0.5, 0.6) is 0 Å². The highest BCUT2D eigenvalue weighted by Crippen LogP contribution is 2.32. The molecule has 5 nitrogen and oxygen atoms in total. The zero-order valence-electron chi connectivity index (χ0n) is 11.1. The second kappa shape index (κ2) is 5.36. The monoisotopic (exact) mass is 276 g/mol. The molecule has 0 radical (unpaired) electrons. The fourth-order valence-electron chi connectivity index (χ4n) is 1.62. The summed E-state index contributed by atoms with van der Waals surface area (Å²) in [5.74, 6) is -0.0357. The Labute approximate surface area is 116 Å². The van der Waals surface area contributed by atoms with Crippen LogP contribution >= 0.6 is 11.8 Å². The van der Waals surface area contributed by atoms with Crippen LogP contribution in [0, 0.1) is 0 Å². The number of nitrogens with zero attached hydrogens (tertiary/aromatic N) is 3. The molecule has 0 spiro atoms. The molecule has 2 aromatic rings. The highest BCUT2D eigenvalue weighted by molar-refractivity contribution is 7.99. The molecule has 1 amide bonds. The van der Waals surface area contributed by atoms with Crippen LogP contribution in [0.25, 0.3) is 0 Å². The van der Waals surface area contributed by atoms with Crippen molar-refractivity contribution in [2.24, 2.45) is 7.05 Å². The lowest BCUT2D eigenvalue weighted by molar-refractivity contribution is 0.0824. The number of benzene rings is 1. The van der Waals surface area contributed by atoms with Gasteiger partial charge in [0.05, 0.1) is 16.7 Å². The summed E-state index contributed by atoms with van der Waals surface area (Å²) in [5.41, 5.74) is 7.09. The van der Waals surface area contributed by atoms with E-state index in [4.69, 9.17) is 5.73 Å². The van der Waals surface area contributed by atoms with Gasteiger partial charge >= 0.3 is 0 Å². The highest BCUT2D eigenvalue weighted by Gasteiger charge is 2.15. The first-order valence-electron chi connectivity index (χ1n) is 5.75. The molecule has 0 aliphatic rings. The van der Waals surface area contributed by atoms with Gasteiger partial charge in [-0.3, -0.25) is 9.48 Å². The first kappa shape index (κ1) is 13.5. The molecular weight excluding hydrogens is 260 g/mol. The Balaban J connectivity index is 2.37. The third kappa shape index (κ3) is 3.08. The smallest absolute Gasteiger partial charge is 0.254 e. The van der Waals surface area contributed by atoms with Crippen LogP contribution in [-0.2, 0) is 7.05 Å². The Morgan fingerprint density at radius 3 is 2.74 bits per heavy atom. The van der Waals surface area contributed by atoms with Crippen molar-refractivity contribution < 1.29 is 4.79 Å². The van der Waals surface area contributed by atoms with Crippen LogP contribution in [0.4, 0.5) is 5.69 Å². The first-order valence-corrected chi connectivity index (χ1v) is 6.56. The van der Waals surface area contributed by atoms with Gasteiger partial charge in [0, 0.05) is 37.9 Å². The molecule has 0 unspecified atom stereocenters. The van der Waals surface area contributed by atoms with E-state index in [-0.39, 0.29) is 5.91 Å². The van der Waals surface area contributed by atoms with E-state index in [1.165, 1.54) is 11.8 Å². The van der Waals surface area contributed by atoms with Crippen LogP contribution in [0.15, 0.2) is 40.4 Å². The summed E-state index contributed by atoms with van der Waals surface area (Å²) in [6.45, 7) is 0. The molecule has 100 valence electrons. The van der Waals surface area contributed by atoms with Crippen molar-refractivity contribution in [2.75, 3.05) is 19.8 Å². The van der Waals surface area contributed by atoms with Gasteiger partial charge in [0.1, 0.15) is 0 Å². The number of carbonyl (C=O) groups excluding carboxylic acids is 1. The fourth-order valence-corrected chi connectivity index (χ4v) is 2.64. The number of aromatic nitrogens is 2. The van der Waals surface area contributed by atoms with Gasteiger partial charge in [-0.05, 0) is 18.2 Å². The molecule has 0 bridgehead atoms. The Hall–Kier alpha value is -1.95. The lowest BCUT2D eigenvalue weighted by atomic mass is 10.2. The second-order valence-corrected chi connectivity index (χ2v) is 5.52. The first-order chi connectivity index (χ1) is 8.97. The normalized spacial score (nSPS) is 10.5. The van der Waals surface area contributed by atoms with Gasteiger partial charge in [-0.15, -0.1) is 0 Å². The van der Waals surface area contributed by atoms with E-state index >= 15 is 0 Å². The minimum Gasteiger partial charge on any atom is -0.399 e. The molecule has 19 heavy (non-hydrogen) atoms. The van der Waals surface area contributed by atoms with Gasteiger partial charge in [-0.25, -0.2) is 0 Å². The lowest BCUT2D eigenvalue weighted by Gasteiger charge is -2.13. The molecule has 6 heteroatoms. The van der Waals surface area contributed by atoms with E-state index < -0.39 is 0 Å². The largest absolute Gasteiger partial charge is 0.399 e. The maximum atomic E-state index is 12.1. The Morgan fingerprint density at radius 1 is 1.42 bits per heavy atom. The zero-order chi connectivity index (χ0) is 14.0. The molecule has 0 atom stereocenters. The van der Waals surface area contributed by atoms with E-state index in [2.05, 4.69) is 5.10 Å². The van der Waals surface area contributed by atoms with Crippen molar-refractivity contribution in [1.82, 2.24) is 14.7 Å². The van der Waals surface area contributed by atoms with Crippen molar-refractivity contribution in [3.05, 3.63) is 36.2 Å². The molecular formula is C13H16N4OS. The molecule has 1 heterocycles. The number of hydrogen-bond acceptors (Lipinski definition) is 4. The predicted molar refractivity (Wildman–Crippen MR) is 76.2 cm³/mol. The van der Waals surface area contributed by atoms with Gasteiger partial charge in [-0.2, -0.15) is 5.10 Å². The molecule has 1 aromatic carbocycles. The van der Waals surface area contributed by atoms with Crippen LogP contribution in [0.3, 0.4) is 0 Å². The maximum absolute atomic E-state index is 12.1. The topological polar surface area (TPSA) is 64.2 Å². The highest BCUT2D eigenvalue weighted by atomic mass is 32.2. The van der Waals surface area contributed by atoms with Crippen LogP contribution in [-0.4, -0.2) is 34.7 Å².